The maximum Gasteiger partial charge on any atom is 0.237 e. The van der Waals surface area contributed by atoms with Gasteiger partial charge in [0.15, 0.2) is 5.82 Å². The van der Waals surface area contributed by atoms with E-state index in [0.717, 1.165) is 40.7 Å². The highest BCUT2D eigenvalue weighted by Crippen LogP contribution is 2.37. The van der Waals surface area contributed by atoms with E-state index in [1.54, 1.807) is 36.7 Å². The number of aliphatic hydroxyl groups excluding tert-OH is 1. The van der Waals surface area contributed by atoms with Crippen molar-refractivity contribution in [2.24, 2.45) is 5.41 Å². The molecule has 3 atom stereocenters. The number of piperazine rings is 1. The van der Waals surface area contributed by atoms with Crippen LogP contribution in [0, 0.1) is 11.2 Å². The molecule has 3 N–H and O–H groups in total. The predicted molar refractivity (Wildman–Crippen MR) is 179 cm³/mol. The van der Waals surface area contributed by atoms with Gasteiger partial charge >= 0.3 is 0 Å². The summed E-state index contributed by atoms with van der Waals surface area (Å²) in [6.07, 6.45) is 4.85. The van der Waals surface area contributed by atoms with E-state index in [1.165, 1.54) is 12.1 Å². The third-order valence-corrected chi connectivity index (χ3v) is 10.1. The van der Waals surface area contributed by atoms with E-state index in [9.17, 15) is 19.1 Å². The second-order valence-corrected chi connectivity index (χ2v) is 13.1. The van der Waals surface area contributed by atoms with E-state index >= 15 is 0 Å². The Balaban J connectivity index is 0.884. The third kappa shape index (κ3) is 5.46. The van der Waals surface area contributed by atoms with Crippen LogP contribution >= 0.6 is 0 Å². The van der Waals surface area contributed by atoms with Crippen LogP contribution in [0.2, 0.25) is 0 Å². The molecule has 0 saturated carbocycles. The Labute approximate surface area is 276 Å². The molecule has 8 rings (SSSR count). The Kier molecular flexibility index (Phi) is 7.61. The molecule has 3 fully saturated rings. The molecule has 3 aromatic carbocycles. The normalized spacial score (nSPS) is 22.1. The molecule has 5 aromatic rings. The highest BCUT2D eigenvalue weighted by atomic mass is 19.1. The van der Waals surface area contributed by atoms with Crippen molar-refractivity contribution in [3.05, 3.63) is 91.0 Å². The van der Waals surface area contributed by atoms with Gasteiger partial charge in [0.1, 0.15) is 5.82 Å². The topological polar surface area (TPSA) is 131 Å². The van der Waals surface area contributed by atoms with Gasteiger partial charge in [-0.1, -0.05) is 0 Å². The van der Waals surface area contributed by atoms with Crippen molar-refractivity contribution in [1.29, 1.82) is 0 Å². The lowest BCUT2D eigenvalue weighted by atomic mass is 9.87. The van der Waals surface area contributed by atoms with Crippen molar-refractivity contribution in [2.45, 2.75) is 24.9 Å². The predicted octanol–water partition coefficient (Wildman–Crippen LogP) is 3.94. The van der Waals surface area contributed by atoms with Gasteiger partial charge in [-0.05, 0) is 92.2 Å². The summed E-state index contributed by atoms with van der Waals surface area (Å²) < 4.78 is 13.5. The molecule has 0 aliphatic carbocycles. The number of anilines is 2. The van der Waals surface area contributed by atoms with E-state index in [2.05, 4.69) is 42.5 Å². The number of fused-ring (bicyclic) bond motifs is 3. The number of H-pyrrole nitrogens is 1. The summed E-state index contributed by atoms with van der Waals surface area (Å²) in [6.45, 7) is 2.18. The number of hydrogen-bond donors (Lipinski definition) is 3. The van der Waals surface area contributed by atoms with Crippen LogP contribution in [0.4, 0.5) is 15.8 Å². The number of aromatic amines is 1. The molecule has 12 heteroatoms. The number of carbonyl (C=O) groups excluding carboxylic acids is 2. The van der Waals surface area contributed by atoms with Gasteiger partial charge in [-0.2, -0.15) is 5.10 Å². The average molecular weight is 647 g/mol. The molecule has 2 bridgehead atoms. The highest BCUT2D eigenvalue weighted by Gasteiger charge is 2.48. The molecule has 3 aliphatic heterocycles. The van der Waals surface area contributed by atoms with E-state index in [-0.39, 0.29) is 42.9 Å². The molecule has 1 unspecified atom stereocenters. The van der Waals surface area contributed by atoms with E-state index in [1.807, 2.05) is 34.1 Å². The van der Waals surface area contributed by atoms with Crippen LogP contribution in [-0.4, -0.2) is 98.3 Å². The van der Waals surface area contributed by atoms with E-state index in [0.29, 0.717) is 43.3 Å². The summed E-state index contributed by atoms with van der Waals surface area (Å²) in [5.41, 5.74) is 3.83. The summed E-state index contributed by atoms with van der Waals surface area (Å²) in [5.74, 6) is 0.143. The summed E-state index contributed by atoms with van der Waals surface area (Å²) in [7, 11) is 0. The molecule has 3 aliphatic rings. The quantitative estimate of drug-likeness (QED) is 0.231. The smallest absolute Gasteiger partial charge is 0.237 e. The fourth-order valence-electron chi connectivity index (χ4n) is 7.48. The molecule has 3 saturated heterocycles. The first kappa shape index (κ1) is 30.2. The first-order valence-electron chi connectivity index (χ1n) is 16.2. The highest BCUT2D eigenvalue weighted by molar-refractivity contribution is 6.00. The number of halogens is 1. The lowest BCUT2D eigenvalue weighted by molar-refractivity contribution is -0.134. The first-order chi connectivity index (χ1) is 23.4. The fraction of sp³-hybridized carbons (Fsp3) is 0.306. The van der Waals surface area contributed by atoms with Gasteiger partial charge in [0.25, 0.3) is 0 Å². The van der Waals surface area contributed by atoms with E-state index in [4.69, 9.17) is 0 Å². The molecular weight excluding hydrogens is 611 g/mol. The lowest BCUT2D eigenvalue weighted by Gasteiger charge is -2.36. The van der Waals surface area contributed by atoms with Crippen LogP contribution < -0.4 is 10.2 Å². The number of benzene rings is 3. The Morgan fingerprint density at radius 1 is 0.979 bits per heavy atom. The number of hydrogen-bond acceptors (Lipinski definition) is 8. The third-order valence-electron chi connectivity index (χ3n) is 10.1. The maximum absolute atomic E-state index is 13.6. The van der Waals surface area contributed by atoms with Gasteiger partial charge in [-0.25, -0.2) is 14.4 Å². The van der Waals surface area contributed by atoms with Gasteiger partial charge in [0.05, 0.1) is 35.8 Å². The fourth-order valence-corrected chi connectivity index (χ4v) is 7.48. The standard InChI is InChI=1S/C36H35FN8O3/c37-25-6-2-23(3-7-25)33-30-16-26(8-11-31(30)41-42-33)40-35(48)36(22-46)12-15-43(21-36)20-32(47)45-19-28-17-29(45)18-44(28)27-9-4-24(5-10-27)34-38-13-1-14-39-34/h1-11,13-14,16,28-29,46H,12,15,17-22H2,(H,40,48)(H,41,42)/t28-,29-,36?/m1/s1. The van der Waals surface area contributed by atoms with Gasteiger partial charge in [0, 0.05) is 66.0 Å². The van der Waals surface area contributed by atoms with Crippen molar-refractivity contribution >= 4 is 34.1 Å². The zero-order valence-electron chi connectivity index (χ0n) is 26.2. The minimum atomic E-state index is -1.02. The van der Waals surface area contributed by atoms with Crippen molar-refractivity contribution in [3.8, 4) is 22.6 Å². The van der Waals surface area contributed by atoms with Gasteiger partial charge in [0.2, 0.25) is 11.8 Å². The average Bonchev–Trinajstić information content (AvgIpc) is 3.93. The summed E-state index contributed by atoms with van der Waals surface area (Å²) in [6, 6.07) is 22.0. The number of carbonyl (C=O) groups is 2. The summed E-state index contributed by atoms with van der Waals surface area (Å²) >= 11 is 0. The van der Waals surface area contributed by atoms with Crippen LogP contribution in [-0.2, 0) is 9.59 Å². The number of amides is 2. The van der Waals surface area contributed by atoms with Crippen LogP contribution in [0.3, 0.4) is 0 Å². The Bertz CT molecular complexity index is 1970. The van der Waals surface area contributed by atoms with Crippen LogP contribution in [0.1, 0.15) is 12.8 Å². The monoisotopic (exact) mass is 646 g/mol. The molecule has 2 amide bonds. The first-order valence-corrected chi connectivity index (χ1v) is 16.2. The SMILES string of the molecule is O=C(CN1CCC(CO)(C(=O)Nc2ccc3[nH]nc(-c4ccc(F)cc4)c3c2)C1)N1C[C@H]2C[C@@H]1CN2c1ccc(-c2ncccn2)cc1. The summed E-state index contributed by atoms with van der Waals surface area (Å²) in [5, 5.41) is 21.6. The number of rotatable bonds is 8. The lowest BCUT2D eigenvalue weighted by Crippen LogP contribution is -2.51. The minimum absolute atomic E-state index is 0.0617. The Morgan fingerprint density at radius 3 is 2.48 bits per heavy atom. The molecular formula is C36H35FN8O3. The Hall–Kier alpha value is -5.20. The molecule has 244 valence electrons. The number of aliphatic hydroxyl groups is 1. The number of aromatic nitrogens is 4. The number of likely N-dealkylation sites (tertiary alicyclic amines) is 2. The van der Waals surface area contributed by atoms with Crippen LogP contribution in [0.5, 0.6) is 0 Å². The second kappa shape index (κ2) is 12.1. The molecule has 48 heavy (non-hydrogen) atoms. The van der Waals surface area contributed by atoms with Gasteiger partial charge in [-0.3, -0.25) is 19.6 Å². The van der Waals surface area contributed by atoms with Crippen molar-refractivity contribution in [3.63, 3.8) is 0 Å². The molecule has 11 nitrogen and oxygen atoms in total. The number of nitrogens with one attached hydrogen (secondary N) is 2. The molecule has 2 aromatic heterocycles. The number of nitrogens with zero attached hydrogens (tertiary/aromatic N) is 6. The molecule has 5 heterocycles. The van der Waals surface area contributed by atoms with Gasteiger partial charge < -0.3 is 20.2 Å². The zero-order valence-corrected chi connectivity index (χ0v) is 26.2. The van der Waals surface area contributed by atoms with Crippen molar-refractivity contribution < 1.29 is 19.1 Å². The van der Waals surface area contributed by atoms with Crippen LogP contribution in [0.15, 0.2) is 85.2 Å². The maximum atomic E-state index is 13.6. The van der Waals surface area contributed by atoms with Gasteiger partial charge in [-0.15, -0.1) is 0 Å². The van der Waals surface area contributed by atoms with Crippen molar-refractivity contribution in [1.82, 2.24) is 30.0 Å². The second-order valence-electron chi connectivity index (χ2n) is 13.1. The molecule has 0 radical (unpaired) electrons. The minimum Gasteiger partial charge on any atom is -0.395 e. The van der Waals surface area contributed by atoms with Crippen LogP contribution in [0.25, 0.3) is 33.5 Å². The molecule has 0 spiro atoms. The Morgan fingerprint density at radius 2 is 1.75 bits per heavy atom. The van der Waals surface area contributed by atoms with E-state index < -0.39 is 5.41 Å². The summed E-state index contributed by atoms with van der Waals surface area (Å²) in [4.78, 5) is 42.2. The zero-order chi connectivity index (χ0) is 32.8. The largest absolute Gasteiger partial charge is 0.395 e. The van der Waals surface area contributed by atoms with Crippen molar-refractivity contribution in [2.75, 3.05) is 49.5 Å².